The number of halogens is 1. The van der Waals surface area contributed by atoms with Crippen LogP contribution >= 0.6 is 0 Å². The maximum atomic E-state index is 13.5. The Labute approximate surface area is 135 Å². The number of quaternary nitrogens is 1. The van der Waals surface area contributed by atoms with Crippen LogP contribution in [0.15, 0.2) is 24.3 Å². The maximum Gasteiger partial charge on any atom is 0.314 e. The molecule has 1 heterocycles. The van der Waals surface area contributed by atoms with E-state index in [1.807, 2.05) is 0 Å². The molecule has 1 fully saturated rings. The second-order valence-corrected chi connectivity index (χ2v) is 5.82. The summed E-state index contributed by atoms with van der Waals surface area (Å²) in [5, 5.41) is 2.59. The number of hydrogen-bond donors (Lipinski definition) is 2. The lowest BCUT2D eigenvalue weighted by Crippen LogP contribution is -3.13. The molecule has 6 heteroatoms. The molecule has 2 atom stereocenters. The molecule has 1 saturated heterocycles. The molecule has 23 heavy (non-hydrogen) atoms. The number of piperidine rings is 1. The molecule has 1 aromatic rings. The fraction of sp³-hybridized carbons (Fsp3) is 0.529. The molecule has 5 nitrogen and oxygen atoms in total. The lowest BCUT2D eigenvalue weighted by molar-refractivity contribution is -0.906. The summed E-state index contributed by atoms with van der Waals surface area (Å²) < 4.78 is 18.6. The summed E-state index contributed by atoms with van der Waals surface area (Å²) in [5.74, 6) is -0.858. The predicted octanol–water partition coefficient (Wildman–Crippen LogP) is 1.01. The van der Waals surface area contributed by atoms with Crippen molar-refractivity contribution in [3.05, 3.63) is 30.1 Å². The molecule has 0 saturated carbocycles. The van der Waals surface area contributed by atoms with Crippen molar-refractivity contribution in [1.29, 1.82) is 0 Å². The van der Waals surface area contributed by atoms with Crippen LogP contribution < -0.4 is 10.2 Å². The zero-order chi connectivity index (χ0) is 16.7. The van der Waals surface area contributed by atoms with E-state index in [4.69, 9.17) is 4.74 Å². The van der Waals surface area contributed by atoms with Crippen LogP contribution in [0.5, 0.6) is 0 Å². The van der Waals surface area contributed by atoms with Gasteiger partial charge in [0.25, 0.3) is 0 Å². The number of nitrogens with one attached hydrogen (secondary N) is 2. The van der Waals surface area contributed by atoms with Gasteiger partial charge in [-0.1, -0.05) is 12.1 Å². The third-order valence-electron chi connectivity index (χ3n) is 4.09. The number of benzene rings is 1. The average molecular weight is 323 g/mol. The molecular formula is C17H24FN2O3+. The number of anilines is 1. The van der Waals surface area contributed by atoms with E-state index in [1.54, 1.807) is 19.1 Å². The van der Waals surface area contributed by atoms with Crippen LogP contribution in [0.2, 0.25) is 0 Å². The van der Waals surface area contributed by atoms with Crippen LogP contribution in [-0.2, 0) is 14.3 Å². The number of carbonyl (C=O) groups is 2. The highest BCUT2D eigenvalue weighted by Gasteiger charge is 2.29. The summed E-state index contributed by atoms with van der Waals surface area (Å²) in [6.07, 6.45) is 2.11. The van der Waals surface area contributed by atoms with Crippen molar-refractivity contribution in [3.63, 3.8) is 0 Å². The molecule has 0 bridgehead atoms. The van der Waals surface area contributed by atoms with E-state index in [0.717, 1.165) is 19.4 Å². The lowest BCUT2D eigenvalue weighted by atomic mass is 9.98. The first kappa shape index (κ1) is 17.4. The number of para-hydroxylation sites is 1. The third kappa shape index (κ3) is 5.32. The minimum Gasteiger partial charge on any atom is -0.466 e. The van der Waals surface area contributed by atoms with Crippen molar-refractivity contribution in [2.45, 2.75) is 26.2 Å². The second kappa shape index (κ2) is 8.62. The molecule has 1 aromatic carbocycles. The summed E-state index contributed by atoms with van der Waals surface area (Å²) in [6.45, 7) is 4.49. The Bertz CT molecular complexity index is 550. The van der Waals surface area contributed by atoms with Gasteiger partial charge in [-0.3, -0.25) is 9.59 Å². The Morgan fingerprint density at radius 3 is 2.91 bits per heavy atom. The van der Waals surface area contributed by atoms with Crippen molar-refractivity contribution >= 4 is 17.6 Å². The van der Waals surface area contributed by atoms with Gasteiger partial charge < -0.3 is 15.0 Å². The Hall–Kier alpha value is -1.95. The minimum atomic E-state index is -0.437. The molecular weight excluding hydrogens is 299 g/mol. The summed E-state index contributed by atoms with van der Waals surface area (Å²) in [7, 11) is 0. The largest absolute Gasteiger partial charge is 0.466 e. The molecule has 1 aliphatic rings. The summed E-state index contributed by atoms with van der Waals surface area (Å²) in [4.78, 5) is 25.0. The number of carbonyl (C=O) groups excluding carboxylic acids is 2. The van der Waals surface area contributed by atoms with Crippen molar-refractivity contribution < 1.29 is 23.6 Å². The first-order chi connectivity index (χ1) is 11.1. The van der Waals surface area contributed by atoms with Gasteiger partial charge in [-0.25, -0.2) is 4.39 Å². The molecule has 126 valence electrons. The van der Waals surface area contributed by atoms with Crippen LogP contribution in [-0.4, -0.2) is 38.1 Å². The lowest BCUT2D eigenvalue weighted by Gasteiger charge is -2.28. The summed E-state index contributed by atoms with van der Waals surface area (Å²) >= 11 is 0. The first-order valence-corrected chi connectivity index (χ1v) is 8.14. The van der Waals surface area contributed by atoms with Crippen molar-refractivity contribution in [1.82, 2.24) is 0 Å². The van der Waals surface area contributed by atoms with Crippen LogP contribution in [0.4, 0.5) is 10.1 Å². The quantitative estimate of drug-likeness (QED) is 0.768. The zero-order valence-corrected chi connectivity index (χ0v) is 13.4. The third-order valence-corrected chi connectivity index (χ3v) is 4.09. The molecule has 0 aliphatic carbocycles. The monoisotopic (exact) mass is 323 g/mol. The van der Waals surface area contributed by atoms with Crippen LogP contribution in [0, 0.1) is 11.7 Å². The molecule has 0 radical (unpaired) electrons. The normalized spacial score (nSPS) is 20.8. The van der Waals surface area contributed by atoms with Crippen molar-refractivity contribution in [3.8, 4) is 0 Å². The van der Waals surface area contributed by atoms with Gasteiger partial charge in [0.15, 0.2) is 0 Å². The van der Waals surface area contributed by atoms with Crippen LogP contribution in [0.1, 0.15) is 26.2 Å². The summed E-state index contributed by atoms with van der Waals surface area (Å²) in [5.41, 5.74) is 0.204. The van der Waals surface area contributed by atoms with E-state index in [1.165, 1.54) is 17.0 Å². The van der Waals surface area contributed by atoms with Gasteiger partial charge in [0.05, 0.1) is 38.3 Å². The van der Waals surface area contributed by atoms with Gasteiger partial charge in [-0.05, 0) is 31.9 Å². The predicted molar refractivity (Wildman–Crippen MR) is 84.6 cm³/mol. The van der Waals surface area contributed by atoms with Gasteiger partial charge in [0, 0.05) is 0 Å². The molecule has 1 amide bonds. The molecule has 0 spiro atoms. The second-order valence-electron chi connectivity index (χ2n) is 5.82. The van der Waals surface area contributed by atoms with Crippen LogP contribution in [0.3, 0.4) is 0 Å². The van der Waals surface area contributed by atoms with Crippen molar-refractivity contribution in [2.24, 2.45) is 5.92 Å². The van der Waals surface area contributed by atoms with Gasteiger partial charge >= 0.3 is 5.97 Å². The molecule has 2 N–H and O–H groups in total. The highest BCUT2D eigenvalue weighted by Crippen LogP contribution is 2.12. The maximum absolute atomic E-state index is 13.5. The minimum absolute atomic E-state index is 0.0756. The molecule has 0 aromatic heterocycles. The van der Waals surface area contributed by atoms with Gasteiger partial charge in [0.2, 0.25) is 5.91 Å². The smallest absolute Gasteiger partial charge is 0.314 e. The number of amides is 1. The molecule has 2 rings (SSSR count). The van der Waals surface area contributed by atoms with Gasteiger partial charge in [0.1, 0.15) is 11.7 Å². The number of hydrogen-bond acceptors (Lipinski definition) is 3. The number of rotatable bonds is 6. The Morgan fingerprint density at radius 2 is 2.17 bits per heavy atom. The number of likely N-dealkylation sites (tertiary alicyclic amines) is 1. The Kier molecular flexibility index (Phi) is 6.52. The first-order valence-electron chi connectivity index (χ1n) is 8.14. The van der Waals surface area contributed by atoms with Gasteiger partial charge in [-0.2, -0.15) is 0 Å². The number of esters is 1. The average Bonchev–Trinajstić information content (AvgIpc) is 2.56. The fourth-order valence-electron chi connectivity index (χ4n) is 2.90. The van der Waals surface area contributed by atoms with Gasteiger partial charge in [-0.15, -0.1) is 0 Å². The number of ether oxygens (including phenoxy) is 1. The molecule has 1 aliphatic heterocycles. The fourth-order valence-corrected chi connectivity index (χ4v) is 2.90. The topological polar surface area (TPSA) is 59.8 Å². The standard InChI is InChI=1S/C17H23FN2O3/c1-2-23-17(22)13-6-5-10-20(12-13)11-9-16(21)19-15-8-4-3-7-14(15)18/h3-4,7-8,13H,2,5-6,9-12H2,1H3,(H,19,21)/p+1. The highest BCUT2D eigenvalue weighted by atomic mass is 19.1. The zero-order valence-electron chi connectivity index (χ0n) is 13.4. The SMILES string of the molecule is CCOC(=O)C1CCC[NH+](CCC(=O)Nc2ccccc2F)C1. The van der Waals surface area contributed by atoms with E-state index in [0.29, 0.717) is 26.1 Å². The highest BCUT2D eigenvalue weighted by molar-refractivity contribution is 5.90. The van der Waals surface area contributed by atoms with Crippen LogP contribution in [0.25, 0.3) is 0 Å². The Morgan fingerprint density at radius 1 is 1.39 bits per heavy atom. The molecule has 2 unspecified atom stereocenters. The van der Waals surface area contributed by atoms with E-state index < -0.39 is 5.82 Å². The van der Waals surface area contributed by atoms with E-state index in [-0.39, 0.29) is 23.5 Å². The van der Waals surface area contributed by atoms with Crippen molar-refractivity contribution in [2.75, 3.05) is 31.6 Å². The van der Waals surface area contributed by atoms with E-state index in [9.17, 15) is 14.0 Å². The van der Waals surface area contributed by atoms with E-state index >= 15 is 0 Å². The Balaban J connectivity index is 1.77. The summed E-state index contributed by atoms with van der Waals surface area (Å²) in [6, 6.07) is 6.12. The van der Waals surface area contributed by atoms with E-state index in [2.05, 4.69) is 5.32 Å².